The van der Waals surface area contributed by atoms with Gasteiger partial charge in [0, 0.05) is 11.6 Å². The molecule has 0 aromatic heterocycles. The van der Waals surface area contributed by atoms with E-state index in [1.807, 2.05) is 6.92 Å². The van der Waals surface area contributed by atoms with Crippen molar-refractivity contribution in [3.05, 3.63) is 28.8 Å². The van der Waals surface area contributed by atoms with Gasteiger partial charge in [-0.3, -0.25) is 0 Å². The summed E-state index contributed by atoms with van der Waals surface area (Å²) in [7, 11) is 0. The van der Waals surface area contributed by atoms with Gasteiger partial charge >= 0.3 is 0 Å². The molecule has 1 aromatic rings. The molecule has 74 valence electrons. The summed E-state index contributed by atoms with van der Waals surface area (Å²) in [5, 5.41) is 18.4. The van der Waals surface area contributed by atoms with Crippen LogP contribution in [0.25, 0.3) is 0 Å². The number of aryl methyl sites for hydroxylation is 1. The van der Waals surface area contributed by atoms with Crippen LogP contribution < -0.4 is 5.73 Å². The zero-order valence-corrected chi connectivity index (χ0v) is 8.41. The summed E-state index contributed by atoms with van der Waals surface area (Å²) >= 11 is 0. The molecule has 0 heterocycles. The van der Waals surface area contributed by atoms with Crippen molar-refractivity contribution in [3.8, 4) is 11.8 Å². The molecule has 1 aromatic carbocycles. The predicted molar refractivity (Wildman–Crippen MR) is 54.8 cm³/mol. The van der Waals surface area contributed by atoms with E-state index in [0.29, 0.717) is 11.1 Å². The fourth-order valence-electron chi connectivity index (χ4n) is 1.35. The third kappa shape index (κ3) is 1.86. The van der Waals surface area contributed by atoms with Crippen molar-refractivity contribution >= 4 is 0 Å². The zero-order valence-electron chi connectivity index (χ0n) is 8.41. The van der Waals surface area contributed by atoms with Gasteiger partial charge in [-0.05, 0) is 31.0 Å². The van der Waals surface area contributed by atoms with Crippen LogP contribution in [0.3, 0.4) is 0 Å². The summed E-state index contributed by atoms with van der Waals surface area (Å²) in [5.41, 5.74) is 7.79. The lowest BCUT2D eigenvalue weighted by atomic mass is 9.99. The Morgan fingerprint density at radius 3 is 2.71 bits per heavy atom. The quantitative estimate of drug-likeness (QED) is 0.749. The summed E-state index contributed by atoms with van der Waals surface area (Å²) in [5.74, 6) is 0.177. The molecule has 0 spiro atoms. The molecule has 0 fully saturated rings. The van der Waals surface area contributed by atoms with E-state index in [1.165, 1.54) is 0 Å². The molecule has 0 aliphatic heterocycles. The van der Waals surface area contributed by atoms with Crippen LogP contribution in [-0.4, -0.2) is 5.11 Å². The first-order chi connectivity index (χ1) is 6.60. The highest BCUT2D eigenvalue weighted by molar-refractivity contribution is 5.47. The standard InChI is InChI=1S/C11H14N2O/c1-3-10(13)9-5-8(6-12)7(2)4-11(9)14/h4-5,10,14H,3,13H2,1-2H3/t10-/m1/s1. The third-order valence-corrected chi connectivity index (χ3v) is 2.33. The second-order valence-electron chi connectivity index (χ2n) is 3.35. The number of nitrogens with two attached hydrogens (primary N) is 1. The van der Waals surface area contributed by atoms with E-state index in [1.54, 1.807) is 19.1 Å². The van der Waals surface area contributed by atoms with Crippen LogP contribution in [0.4, 0.5) is 0 Å². The van der Waals surface area contributed by atoms with Gasteiger partial charge in [0.1, 0.15) is 5.75 Å². The first-order valence-corrected chi connectivity index (χ1v) is 4.59. The zero-order chi connectivity index (χ0) is 10.7. The number of phenolic OH excluding ortho intramolecular Hbond substituents is 1. The fourth-order valence-corrected chi connectivity index (χ4v) is 1.35. The Kier molecular flexibility index (Phi) is 3.10. The normalized spacial score (nSPS) is 12.1. The molecule has 0 bridgehead atoms. The molecule has 3 N–H and O–H groups in total. The number of rotatable bonds is 2. The van der Waals surface area contributed by atoms with E-state index >= 15 is 0 Å². The Bertz CT molecular complexity index is 380. The predicted octanol–water partition coefficient (Wildman–Crippen LogP) is 1.98. The van der Waals surface area contributed by atoms with Crippen LogP contribution in [0.15, 0.2) is 12.1 Å². The lowest BCUT2D eigenvalue weighted by molar-refractivity contribution is 0.459. The largest absolute Gasteiger partial charge is 0.508 e. The maximum atomic E-state index is 9.62. The van der Waals surface area contributed by atoms with Gasteiger partial charge in [-0.25, -0.2) is 0 Å². The molecule has 14 heavy (non-hydrogen) atoms. The summed E-state index contributed by atoms with van der Waals surface area (Å²) < 4.78 is 0. The van der Waals surface area contributed by atoms with Crippen LogP contribution >= 0.6 is 0 Å². The molecule has 0 saturated carbocycles. The van der Waals surface area contributed by atoms with Crippen molar-refractivity contribution in [2.24, 2.45) is 5.73 Å². The Morgan fingerprint density at radius 1 is 1.57 bits per heavy atom. The Hall–Kier alpha value is -1.53. The molecular weight excluding hydrogens is 176 g/mol. The summed E-state index contributed by atoms with van der Waals surface area (Å²) in [4.78, 5) is 0. The van der Waals surface area contributed by atoms with Gasteiger partial charge < -0.3 is 10.8 Å². The number of phenols is 1. The molecule has 0 amide bonds. The minimum absolute atomic E-state index is 0.177. The maximum absolute atomic E-state index is 9.62. The molecule has 0 saturated heterocycles. The Labute approximate surface area is 83.8 Å². The number of aromatic hydroxyl groups is 1. The van der Waals surface area contributed by atoms with E-state index in [4.69, 9.17) is 11.0 Å². The molecule has 0 aliphatic rings. The molecule has 0 aliphatic carbocycles. The highest BCUT2D eigenvalue weighted by Gasteiger charge is 2.11. The van der Waals surface area contributed by atoms with Crippen molar-refractivity contribution < 1.29 is 5.11 Å². The molecule has 1 rings (SSSR count). The van der Waals surface area contributed by atoms with Gasteiger partial charge in [0.25, 0.3) is 0 Å². The first-order valence-electron chi connectivity index (χ1n) is 4.59. The average molecular weight is 190 g/mol. The van der Waals surface area contributed by atoms with Gasteiger partial charge in [-0.15, -0.1) is 0 Å². The lowest BCUT2D eigenvalue weighted by Gasteiger charge is -2.12. The second-order valence-corrected chi connectivity index (χ2v) is 3.35. The third-order valence-electron chi connectivity index (χ3n) is 2.33. The van der Waals surface area contributed by atoms with E-state index in [-0.39, 0.29) is 11.8 Å². The van der Waals surface area contributed by atoms with E-state index in [0.717, 1.165) is 12.0 Å². The van der Waals surface area contributed by atoms with Crippen molar-refractivity contribution in [2.45, 2.75) is 26.3 Å². The van der Waals surface area contributed by atoms with Gasteiger partial charge in [-0.1, -0.05) is 6.92 Å². The van der Waals surface area contributed by atoms with Crippen LogP contribution in [0, 0.1) is 18.3 Å². The van der Waals surface area contributed by atoms with Crippen molar-refractivity contribution in [1.82, 2.24) is 0 Å². The second kappa shape index (κ2) is 4.12. The number of nitrogens with zero attached hydrogens (tertiary/aromatic N) is 1. The molecule has 3 heteroatoms. The van der Waals surface area contributed by atoms with Gasteiger partial charge in [-0.2, -0.15) is 5.26 Å². The van der Waals surface area contributed by atoms with Gasteiger partial charge in [0.05, 0.1) is 11.6 Å². The van der Waals surface area contributed by atoms with Gasteiger partial charge in [0.2, 0.25) is 0 Å². The van der Waals surface area contributed by atoms with Crippen LogP contribution in [0.5, 0.6) is 5.75 Å². The van der Waals surface area contributed by atoms with Crippen LogP contribution in [0.1, 0.15) is 36.1 Å². The fraction of sp³-hybridized carbons (Fsp3) is 0.364. The minimum atomic E-state index is -0.206. The molecule has 3 nitrogen and oxygen atoms in total. The van der Waals surface area contributed by atoms with Crippen LogP contribution in [-0.2, 0) is 0 Å². The smallest absolute Gasteiger partial charge is 0.120 e. The SMILES string of the molecule is CC[C@@H](N)c1cc(C#N)c(C)cc1O. The number of hydrogen-bond acceptors (Lipinski definition) is 3. The first kappa shape index (κ1) is 10.6. The minimum Gasteiger partial charge on any atom is -0.508 e. The monoisotopic (exact) mass is 190 g/mol. The lowest BCUT2D eigenvalue weighted by Crippen LogP contribution is -2.09. The van der Waals surface area contributed by atoms with E-state index < -0.39 is 0 Å². The van der Waals surface area contributed by atoms with Crippen molar-refractivity contribution in [1.29, 1.82) is 5.26 Å². The molecule has 0 unspecified atom stereocenters. The highest BCUT2D eigenvalue weighted by Crippen LogP contribution is 2.27. The highest BCUT2D eigenvalue weighted by atomic mass is 16.3. The molecule has 0 radical (unpaired) electrons. The van der Waals surface area contributed by atoms with Crippen molar-refractivity contribution in [3.63, 3.8) is 0 Å². The average Bonchev–Trinajstić information content (AvgIpc) is 2.17. The summed E-state index contributed by atoms with van der Waals surface area (Å²) in [6.45, 7) is 3.73. The number of hydrogen-bond donors (Lipinski definition) is 2. The van der Waals surface area contributed by atoms with Gasteiger partial charge in [0.15, 0.2) is 0 Å². The Morgan fingerprint density at radius 2 is 2.21 bits per heavy atom. The van der Waals surface area contributed by atoms with E-state index in [9.17, 15) is 5.11 Å². The summed E-state index contributed by atoms with van der Waals surface area (Å²) in [6, 6.07) is 5.12. The van der Waals surface area contributed by atoms with E-state index in [2.05, 4.69) is 6.07 Å². The van der Waals surface area contributed by atoms with Crippen molar-refractivity contribution in [2.75, 3.05) is 0 Å². The Balaban J connectivity index is 3.26. The molecular formula is C11H14N2O. The number of nitriles is 1. The topological polar surface area (TPSA) is 70.0 Å². The maximum Gasteiger partial charge on any atom is 0.120 e. The number of benzene rings is 1. The summed E-state index contributed by atoms with van der Waals surface area (Å²) in [6.07, 6.45) is 0.738. The molecule has 1 atom stereocenters. The van der Waals surface area contributed by atoms with Crippen LogP contribution in [0.2, 0.25) is 0 Å².